The number of carbonyl (C=O) groups excluding carboxylic acids is 1. The van der Waals surface area contributed by atoms with E-state index >= 15 is 0 Å². The van der Waals surface area contributed by atoms with Gasteiger partial charge >= 0.3 is 6.03 Å². The molecule has 2 amide bonds. The average Bonchev–Trinajstić information content (AvgIpc) is 3.23. The van der Waals surface area contributed by atoms with E-state index in [0.29, 0.717) is 13.1 Å². The second-order valence-corrected chi connectivity index (χ2v) is 7.13. The molecule has 4 rings (SSSR count). The summed E-state index contributed by atoms with van der Waals surface area (Å²) in [5.41, 5.74) is 8.48. The van der Waals surface area contributed by atoms with E-state index < -0.39 is 6.03 Å². The molecule has 0 fully saturated rings. The average molecular weight is 368 g/mol. The van der Waals surface area contributed by atoms with Gasteiger partial charge in [0.15, 0.2) is 6.17 Å². The number of aliphatic imine (C=N–C) groups is 1. The number of carbonyl (C=O) groups is 1. The Morgan fingerprint density at radius 3 is 2.96 bits per heavy atom. The molecule has 2 aliphatic rings. The zero-order valence-electron chi connectivity index (χ0n) is 14.3. The molecule has 26 heavy (non-hydrogen) atoms. The number of nitrogens with one attached hydrogen (secondary N) is 3. The number of nitrogens with two attached hydrogens (primary N) is 1. The molecule has 1 aromatic heterocycles. The fourth-order valence-corrected chi connectivity index (χ4v) is 4.31. The topological polar surface area (TPSA) is 94.8 Å². The molecule has 7 nitrogen and oxygen atoms in total. The van der Waals surface area contributed by atoms with E-state index in [-0.39, 0.29) is 6.17 Å². The number of allylic oxidation sites excluding steroid dienone is 1. The van der Waals surface area contributed by atoms with E-state index in [9.17, 15) is 4.79 Å². The third-order valence-corrected chi connectivity index (χ3v) is 5.48. The van der Waals surface area contributed by atoms with Crippen molar-refractivity contribution in [2.75, 3.05) is 23.3 Å². The summed E-state index contributed by atoms with van der Waals surface area (Å²) in [6.07, 6.45) is 1.94. The van der Waals surface area contributed by atoms with Gasteiger partial charge in [-0.15, -0.1) is 11.3 Å². The number of thiophene rings is 1. The van der Waals surface area contributed by atoms with E-state index in [1.807, 2.05) is 24.4 Å². The van der Waals surface area contributed by atoms with Crippen LogP contribution in [0.2, 0.25) is 0 Å². The number of fused-ring (bicyclic) bond motifs is 3. The van der Waals surface area contributed by atoms with Gasteiger partial charge in [-0.2, -0.15) is 0 Å². The number of rotatable bonds is 4. The van der Waals surface area contributed by atoms with Gasteiger partial charge in [0.05, 0.1) is 12.2 Å². The molecule has 1 atom stereocenters. The molecule has 134 valence electrons. The van der Waals surface area contributed by atoms with Gasteiger partial charge < -0.3 is 26.6 Å². The Morgan fingerprint density at radius 1 is 1.38 bits per heavy atom. The van der Waals surface area contributed by atoms with Crippen molar-refractivity contribution >= 4 is 33.9 Å². The molecular formula is C18H20N6OS. The highest BCUT2D eigenvalue weighted by Gasteiger charge is 2.36. The van der Waals surface area contributed by atoms with Crippen LogP contribution in [0.4, 0.5) is 15.5 Å². The molecular weight excluding hydrogens is 348 g/mol. The monoisotopic (exact) mass is 368 g/mol. The Labute approximate surface area is 155 Å². The normalized spacial score (nSPS) is 19.3. The summed E-state index contributed by atoms with van der Waals surface area (Å²) in [4.78, 5) is 18.9. The molecule has 0 bridgehead atoms. The van der Waals surface area contributed by atoms with Crippen LogP contribution in [0.5, 0.6) is 0 Å². The molecule has 3 heterocycles. The van der Waals surface area contributed by atoms with Crippen molar-refractivity contribution in [2.45, 2.75) is 13.1 Å². The standard InChI is InChI=1S/C18H20N6OS/c1-11-10-22-16-15(20-7-8-21-18(19)25)23-13-9-14(26-17(13)24(11)16)12-5-3-2-4-6-12/h2-6,9-10,16,22H,7-8H2,1H3,(H,20,23)(H3,19,21,25). The highest BCUT2D eigenvalue weighted by molar-refractivity contribution is 7.20. The molecule has 1 aromatic carbocycles. The fourth-order valence-electron chi connectivity index (χ4n) is 3.11. The molecule has 0 saturated carbocycles. The van der Waals surface area contributed by atoms with E-state index in [2.05, 4.69) is 51.0 Å². The van der Waals surface area contributed by atoms with Gasteiger partial charge in [-0.3, -0.25) is 4.99 Å². The quantitative estimate of drug-likeness (QED) is 0.624. The predicted molar refractivity (Wildman–Crippen MR) is 106 cm³/mol. The largest absolute Gasteiger partial charge is 0.363 e. The molecule has 0 radical (unpaired) electrons. The minimum atomic E-state index is -0.535. The first-order chi connectivity index (χ1) is 12.6. The summed E-state index contributed by atoms with van der Waals surface area (Å²) in [5, 5.41) is 10.5. The summed E-state index contributed by atoms with van der Waals surface area (Å²) in [5.74, 6) is 0.828. The third-order valence-electron chi connectivity index (χ3n) is 4.29. The van der Waals surface area contributed by atoms with Gasteiger partial charge in [-0.05, 0) is 18.6 Å². The first-order valence-electron chi connectivity index (χ1n) is 8.39. The van der Waals surface area contributed by atoms with E-state index in [1.54, 1.807) is 11.3 Å². The lowest BCUT2D eigenvalue weighted by Gasteiger charge is -2.33. The Kier molecular flexibility index (Phi) is 4.26. The molecule has 0 aliphatic carbocycles. The number of amidine groups is 1. The van der Waals surface area contributed by atoms with Crippen molar-refractivity contribution in [3.05, 3.63) is 48.3 Å². The Bertz CT molecular complexity index is 888. The van der Waals surface area contributed by atoms with Crippen LogP contribution >= 0.6 is 11.3 Å². The van der Waals surface area contributed by atoms with Crippen LogP contribution in [0.15, 0.2) is 53.3 Å². The molecule has 1 unspecified atom stereocenters. The van der Waals surface area contributed by atoms with E-state index in [0.717, 1.165) is 17.2 Å². The van der Waals surface area contributed by atoms with Crippen molar-refractivity contribution in [3.8, 4) is 10.4 Å². The lowest BCUT2D eigenvalue weighted by molar-refractivity contribution is 0.249. The smallest absolute Gasteiger partial charge is 0.312 e. The van der Waals surface area contributed by atoms with Crippen LogP contribution in [0.3, 0.4) is 0 Å². The summed E-state index contributed by atoms with van der Waals surface area (Å²) >= 11 is 1.76. The predicted octanol–water partition coefficient (Wildman–Crippen LogP) is 2.50. The lowest BCUT2D eigenvalue weighted by atomic mass is 10.2. The Hall–Kier alpha value is -3.00. The number of nitrogens with zero attached hydrogens (tertiary/aromatic N) is 2. The lowest BCUT2D eigenvalue weighted by Crippen LogP contribution is -2.49. The number of anilines is 2. The van der Waals surface area contributed by atoms with Crippen molar-refractivity contribution in [2.24, 2.45) is 10.7 Å². The number of urea groups is 1. The zero-order chi connectivity index (χ0) is 18.1. The molecule has 2 aliphatic heterocycles. The highest BCUT2D eigenvalue weighted by atomic mass is 32.1. The van der Waals surface area contributed by atoms with E-state index in [1.165, 1.54) is 15.4 Å². The second-order valence-electron chi connectivity index (χ2n) is 6.10. The van der Waals surface area contributed by atoms with E-state index in [4.69, 9.17) is 5.73 Å². The second kappa shape index (κ2) is 6.72. The van der Waals surface area contributed by atoms with Crippen LogP contribution in [-0.4, -0.2) is 31.1 Å². The van der Waals surface area contributed by atoms with Crippen molar-refractivity contribution in [1.82, 2.24) is 10.6 Å². The van der Waals surface area contributed by atoms with Gasteiger partial charge in [0, 0.05) is 23.3 Å². The molecule has 5 N–H and O–H groups in total. The third kappa shape index (κ3) is 2.99. The van der Waals surface area contributed by atoms with Crippen LogP contribution in [0, 0.1) is 0 Å². The number of amides is 2. The first kappa shape index (κ1) is 16.5. The maximum absolute atomic E-state index is 10.8. The maximum Gasteiger partial charge on any atom is 0.312 e. The number of benzene rings is 1. The van der Waals surface area contributed by atoms with Gasteiger partial charge in [-0.1, -0.05) is 30.3 Å². The fraction of sp³-hybridized carbons (Fsp3) is 0.222. The maximum atomic E-state index is 10.8. The zero-order valence-corrected chi connectivity index (χ0v) is 15.1. The van der Waals surface area contributed by atoms with Crippen LogP contribution < -0.4 is 26.6 Å². The van der Waals surface area contributed by atoms with Crippen LogP contribution in [0.1, 0.15) is 6.92 Å². The SMILES string of the molecule is CC1=CNC2C(=NCCNC(N)=O)Nc3cc(-c4ccccc4)sc3N12. The minimum Gasteiger partial charge on any atom is -0.363 e. The Balaban J connectivity index is 1.63. The van der Waals surface area contributed by atoms with Gasteiger partial charge in [0.25, 0.3) is 0 Å². The first-order valence-corrected chi connectivity index (χ1v) is 9.21. The number of hydrogen-bond donors (Lipinski definition) is 4. The summed E-state index contributed by atoms with van der Waals surface area (Å²) in [7, 11) is 0. The summed E-state index contributed by atoms with van der Waals surface area (Å²) < 4.78 is 0. The number of hydrogen-bond acceptors (Lipinski definition) is 5. The molecule has 0 saturated heterocycles. The van der Waals surface area contributed by atoms with Crippen LogP contribution in [0.25, 0.3) is 10.4 Å². The van der Waals surface area contributed by atoms with Crippen LogP contribution in [-0.2, 0) is 0 Å². The van der Waals surface area contributed by atoms with Gasteiger partial charge in [-0.25, -0.2) is 4.79 Å². The van der Waals surface area contributed by atoms with Crippen molar-refractivity contribution < 1.29 is 4.79 Å². The summed E-state index contributed by atoms with van der Waals surface area (Å²) in [6, 6.07) is 12.0. The Morgan fingerprint density at radius 2 is 2.19 bits per heavy atom. The van der Waals surface area contributed by atoms with Crippen molar-refractivity contribution in [1.29, 1.82) is 0 Å². The summed E-state index contributed by atoms with van der Waals surface area (Å²) in [6.45, 7) is 2.95. The van der Waals surface area contributed by atoms with Gasteiger partial charge in [0.2, 0.25) is 0 Å². The highest BCUT2D eigenvalue weighted by Crippen LogP contribution is 2.46. The molecule has 0 spiro atoms. The molecule has 2 aromatic rings. The minimum absolute atomic E-state index is 0.0571. The van der Waals surface area contributed by atoms with Crippen molar-refractivity contribution in [3.63, 3.8) is 0 Å². The number of primary amides is 1. The molecule has 8 heteroatoms. The van der Waals surface area contributed by atoms with Gasteiger partial charge in [0.1, 0.15) is 10.8 Å².